The van der Waals surface area contributed by atoms with Gasteiger partial charge in [-0.1, -0.05) is 0 Å². The molecule has 1 fully saturated rings. The van der Waals surface area contributed by atoms with Crippen LogP contribution in [0.5, 0.6) is 0 Å². The van der Waals surface area contributed by atoms with Gasteiger partial charge in [-0.2, -0.15) is 17.6 Å². The van der Waals surface area contributed by atoms with Crippen molar-refractivity contribution in [2.45, 2.75) is 56.5 Å². The molecule has 5 N–H and O–H groups in total. The number of H-pyrrole nitrogens is 1. The van der Waals surface area contributed by atoms with Crippen LogP contribution in [0.1, 0.15) is 49.2 Å². The molecule has 0 spiro atoms. The fourth-order valence-corrected chi connectivity index (χ4v) is 4.30. The minimum absolute atomic E-state index is 0.00591. The van der Waals surface area contributed by atoms with Crippen LogP contribution in [0.3, 0.4) is 0 Å². The van der Waals surface area contributed by atoms with E-state index in [1.807, 2.05) is 13.8 Å². The van der Waals surface area contributed by atoms with E-state index in [1.165, 1.54) is 6.20 Å². The Morgan fingerprint density at radius 1 is 1.33 bits per heavy atom. The monoisotopic (exact) mass is 529 g/mol. The summed E-state index contributed by atoms with van der Waals surface area (Å²) in [6.07, 6.45) is 3.18. The molecule has 4 rings (SSSR count). The van der Waals surface area contributed by atoms with Crippen LogP contribution in [-0.4, -0.2) is 47.9 Å². The third kappa shape index (κ3) is 6.74. The van der Waals surface area contributed by atoms with Crippen LogP contribution in [0, 0.1) is 0 Å². The minimum atomic E-state index is -0.452. The lowest BCUT2D eigenvalue weighted by atomic mass is 10.1. The lowest BCUT2D eigenvalue weighted by molar-refractivity contribution is -0.111. The van der Waals surface area contributed by atoms with Crippen LogP contribution in [0.15, 0.2) is 35.3 Å². The van der Waals surface area contributed by atoms with E-state index in [4.69, 9.17) is 9.92 Å². The highest BCUT2D eigenvalue weighted by molar-refractivity contribution is 8.09. The van der Waals surface area contributed by atoms with E-state index in [-0.39, 0.29) is 45.0 Å². The smallest absolute Gasteiger partial charge is 0.280 e. The molecule has 1 saturated carbocycles. The van der Waals surface area contributed by atoms with Gasteiger partial charge in [0.15, 0.2) is 11.2 Å². The van der Waals surface area contributed by atoms with Gasteiger partial charge in [0.1, 0.15) is 0 Å². The van der Waals surface area contributed by atoms with E-state index in [0.717, 1.165) is 24.2 Å². The zero-order valence-electron chi connectivity index (χ0n) is 19.8. The quantitative estimate of drug-likeness (QED) is 0.195. The molecule has 0 radical (unpaired) electrons. The van der Waals surface area contributed by atoms with E-state index in [2.05, 4.69) is 43.2 Å². The Hall–Kier alpha value is -3.16. The van der Waals surface area contributed by atoms with Crippen molar-refractivity contribution < 1.29 is 13.8 Å². The number of nitrogens with one attached hydrogen (secondary N) is 3. The summed E-state index contributed by atoms with van der Waals surface area (Å²) in [5, 5.41) is 6.02. The lowest BCUT2D eigenvalue weighted by Crippen LogP contribution is -2.32. The Balaban J connectivity index is 1.22. The molecule has 2 aromatic heterocycles. The van der Waals surface area contributed by atoms with Crippen molar-refractivity contribution in [2.75, 3.05) is 11.1 Å². The van der Waals surface area contributed by atoms with Crippen LogP contribution in [-0.2, 0) is 15.5 Å². The van der Waals surface area contributed by atoms with Crippen molar-refractivity contribution in [1.82, 2.24) is 25.3 Å². The summed E-state index contributed by atoms with van der Waals surface area (Å²) in [5.41, 5.74) is 7.17. The fraction of sp³-hybridized carbons (Fsp3) is 0.391. The Bertz CT molecular complexity index is 1330. The maximum absolute atomic E-state index is 12.5. The van der Waals surface area contributed by atoms with Gasteiger partial charge in [-0.15, -0.1) is 0 Å². The molecule has 3 aromatic rings. The average molecular weight is 530 g/mol. The van der Waals surface area contributed by atoms with Crippen molar-refractivity contribution in [1.29, 1.82) is 0 Å². The Morgan fingerprint density at radius 3 is 2.75 bits per heavy atom. The highest BCUT2D eigenvalue weighted by atomic mass is 32.2. The second kappa shape index (κ2) is 10.8. The number of carbonyl (C=O) groups is 2. The summed E-state index contributed by atoms with van der Waals surface area (Å²) in [6.45, 7) is 4.15. The second-order valence-corrected chi connectivity index (χ2v) is 10.8. The number of carbonyl (C=O) groups excluding carboxylic acids is 2. The Kier molecular flexibility index (Phi) is 7.81. The molecule has 0 bridgehead atoms. The van der Waals surface area contributed by atoms with Crippen LogP contribution < -0.4 is 21.9 Å². The maximum atomic E-state index is 12.5. The molecule has 13 heteroatoms. The molecule has 11 nitrogen and oxygen atoms in total. The van der Waals surface area contributed by atoms with Crippen molar-refractivity contribution in [3.63, 3.8) is 0 Å². The number of nitrogen functional groups attached to an aromatic ring is 1. The van der Waals surface area contributed by atoms with Gasteiger partial charge in [-0.05, 0) is 51.0 Å². The molecule has 1 aliphatic carbocycles. The van der Waals surface area contributed by atoms with Crippen LogP contribution in [0.2, 0.25) is 0 Å². The zero-order valence-corrected chi connectivity index (χ0v) is 21.5. The number of nitrogens with zero attached hydrogens (tertiary/aromatic N) is 3. The topological polar surface area (TPSA) is 165 Å². The van der Waals surface area contributed by atoms with Crippen molar-refractivity contribution in [2.24, 2.45) is 0 Å². The number of benzene rings is 1. The van der Waals surface area contributed by atoms with Crippen molar-refractivity contribution >= 4 is 58.5 Å². The molecule has 36 heavy (non-hydrogen) atoms. The first kappa shape index (κ1) is 25.9. The molecule has 3 atom stereocenters. The Morgan fingerprint density at radius 2 is 2.06 bits per heavy atom. The third-order valence-electron chi connectivity index (χ3n) is 5.66. The normalized spacial score (nSPS) is 19.6. The summed E-state index contributed by atoms with van der Waals surface area (Å²) >= 11 is 5.29. The molecule has 2 heterocycles. The van der Waals surface area contributed by atoms with Crippen LogP contribution in [0.4, 0.5) is 11.6 Å². The van der Waals surface area contributed by atoms with Gasteiger partial charge < -0.3 is 20.6 Å². The number of thiol groups is 1. The summed E-state index contributed by atoms with van der Waals surface area (Å²) in [4.78, 5) is 51.3. The molecule has 1 aromatic carbocycles. The minimum Gasteiger partial charge on any atom is -0.379 e. The fourth-order valence-electron chi connectivity index (χ4n) is 3.31. The first-order valence-electron chi connectivity index (χ1n) is 11.4. The highest BCUT2D eigenvalue weighted by Crippen LogP contribution is 2.46. The van der Waals surface area contributed by atoms with Crippen LogP contribution in [0.25, 0.3) is 11.2 Å². The van der Waals surface area contributed by atoms with Gasteiger partial charge in [0, 0.05) is 28.5 Å². The zero-order chi connectivity index (χ0) is 25.9. The summed E-state index contributed by atoms with van der Waals surface area (Å²) < 4.78 is 5.33. The number of rotatable bonds is 10. The number of hydrogen-bond acceptors (Lipinski definition) is 11. The molecular weight excluding hydrogens is 502 g/mol. The van der Waals surface area contributed by atoms with Gasteiger partial charge in [0.05, 0.1) is 36.6 Å². The summed E-state index contributed by atoms with van der Waals surface area (Å²) in [5.74, 6) is -0.237. The molecule has 1 aliphatic rings. The first-order valence-corrected chi connectivity index (χ1v) is 12.5. The van der Waals surface area contributed by atoms with E-state index in [1.54, 1.807) is 24.3 Å². The maximum Gasteiger partial charge on any atom is 0.280 e. The number of fused-ring (bicyclic) bond motifs is 1. The average Bonchev–Trinajstić information content (AvgIpc) is 3.46. The molecule has 1 amide bonds. The molecule has 3 unspecified atom stereocenters. The van der Waals surface area contributed by atoms with Crippen molar-refractivity contribution in [3.8, 4) is 0 Å². The number of amides is 1. The SMILES string of the molecule is CC(CCC(=O)SOC1CC1(C)S)NC(=O)c1ccc(NCc2cnc3nc(N)[nH]c(=O)c3n2)cc1. The number of anilines is 2. The molecule has 190 valence electrons. The molecular formula is C23H27N7O4S2. The van der Waals surface area contributed by atoms with Crippen molar-refractivity contribution in [3.05, 3.63) is 52.1 Å². The number of aromatic amines is 1. The molecule has 0 aliphatic heterocycles. The third-order valence-corrected chi connectivity index (χ3v) is 6.84. The van der Waals surface area contributed by atoms with E-state index < -0.39 is 5.56 Å². The van der Waals surface area contributed by atoms with E-state index in [9.17, 15) is 14.4 Å². The Labute approximate surface area is 217 Å². The van der Waals surface area contributed by atoms with Gasteiger partial charge >= 0.3 is 0 Å². The lowest BCUT2D eigenvalue weighted by Gasteiger charge is -2.14. The largest absolute Gasteiger partial charge is 0.379 e. The van der Waals surface area contributed by atoms with Gasteiger partial charge in [-0.3, -0.25) is 19.4 Å². The highest BCUT2D eigenvalue weighted by Gasteiger charge is 2.49. The number of hydrogen-bond donors (Lipinski definition) is 5. The predicted molar refractivity (Wildman–Crippen MR) is 142 cm³/mol. The molecule has 0 saturated heterocycles. The second-order valence-electron chi connectivity index (χ2n) is 8.93. The summed E-state index contributed by atoms with van der Waals surface area (Å²) in [6, 6.07) is 6.77. The first-order chi connectivity index (χ1) is 17.1. The van der Waals surface area contributed by atoms with E-state index >= 15 is 0 Å². The van der Waals surface area contributed by atoms with Gasteiger partial charge in [0.25, 0.3) is 11.5 Å². The van der Waals surface area contributed by atoms with E-state index in [0.29, 0.717) is 30.6 Å². The van der Waals surface area contributed by atoms with Crippen LogP contribution >= 0.6 is 24.7 Å². The van der Waals surface area contributed by atoms with Gasteiger partial charge in [0.2, 0.25) is 11.1 Å². The van der Waals surface area contributed by atoms with Gasteiger partial charge in [-0.25, -0.2) is 9.97 Å². The summed E-state index contributed by atoms with van der Waals surface area (Å²) in [7, 11) is 0. The standard InChI is InChI=1S/C23H27N7O4S2/c1-12(3-8-17(31)36-34-16-9-23(16,2)35)27-20(32)13-4-6-14(7-5-13)25-10-15-11-26-19-18(28-15)21(33)30-22(24)29-19/h4-7,11-12,16,25,35H,3,8-10H2,1-2H3,(H,27,32)(H3,24,26,29,30,33). The number of nitrogens with two attached hydrogens (primary N) is 1. The number of aromatic nitrogens is 4. The predicted octanol–water partition coefficient (Wildman–Crippen LogP) is 2.46.